The van der Waals surface area contributed by atoms with Crippen LogP contribution >= 0.6 is 15.9 Å². The highest BCUT2D eigenvalue weighted by atomic mass is 79.9. The number of benzene rings is 1. The SMILES string of the molecule is Cc1c(Br)c(C(F)F)nn1CC(=O)Nc1ccc2c(c1)OCCO2. The lowest BCUT2D eigenvalue weighted by Crippen LogP contribution is -2.21. The standard InChI is InChI=1S/C15H14BrF2N3O3/c1-8-13(16)14(15(17)18)20-21(8)7-12(22)19-9-2-3-10-11(6-9)24-5-4-23-10/h2-3,6,15H,4-5,7H2,1H3,(H,19,22). The van der Waals surface area contributed by atoms with E-state index in [4.69, 9.17) is 9.47 Å². The number of halogens is 3. The third-order valence-corrected chi connectivity index (χ3v) is 4.46. The van der Waals surface area contributed by atoms with Crippen LogP contribution in [0.3, 0.4) is 0 Å². The van der Waals surface area contributed by atoms with Gasteiger partial charge in [-0.05, 0) is 35.0 Å². The Morgan fingerprint density at radius 3 is 2.75 bits per heavy atom. The molecule has 0 saturated heterocycles. The molecule has 6 nitrogen and oxygen atoms in total. The topological polar surface area (TPSA) is 65.4 Å². The Kier molecular flexibility index (Phi) is 4.70. The number of hydrogen-bond donors (Lipinski definition) is 1. The van der Waals surface area contributed by atoms with E-state index in [1.54, 1.807) is 25.1 Å². The Balaban J connectivity index is 1.71. The number of aromatic nitrogens is 2. The van der Waals surface area contributed by atoms with Crippen LogP contribution in [0.5, 0.6) is 11.5 Å². The van der Waals surface area contributed by atoms with E-state index < -0.39 is 6.43 Å². The Labute approximate surface area is 144 Å². The summed E-state index contributed by atoms with van der Waals surface area (Å²) < 4.78 is 38.0. The number of fused-ring (bicyclic) bond motifs is 1. The smallest absolute Gasteiger partial charge is 0.283 e. The monoisotopic (exact) mass is 401 g/mol. The summed E-state index contributed by atoms with van der Waals surface area (Å²) >= 11 is 3.07. The van der Waals surface area contributed by atoms with Crippen LogP contribution in [0.2, 0.25) is 0 Å². The lowest BCUT2D eigenvalue weighted by Gasteiger charge is -2.19. The fourth-order valence-corrected chi connectivity index (χ4v) is 2.76. The highest BCUT2D eigenvalue weighted by molar-refractivity contribution is 9.10. The maximum atomic E-state index is 12.8. The first-order valence-corrected chi connectivity index (χ1v) is 7.95. The van der Waals surface area contributed by atoms with Gasteiger partial charge in [0.25, 0.3) is 6.43 Å². The second-order valence-electron chi connectivity index (χ2n) is 5.15. The summed E-state index contributed by atoms with van der Waals surface area (Å²) in [5.41, 5.74) is 0.615. The first-order valence-electron chi connectivity index (χ1n) is 7.16. The van der Waals surface area contributed by atoms with Crippen molar-refractivity contribution in [3.05, 3.63) is 34.1 Å². The molecule has 0 unspecified atom stereocenters. The van der Waals surface area contributed by atoms with Crippen LogP contribution in [-0.4, -0.2) is 28.9 Å². The van der Waals surface area contributed by atoms with Crippen molar-refractivity contribution < 1.29 is 23.0 Å². The summed E-state index contributed by atoms with van der Waals surface area (Å²) in [5.74, 6) is 0.787. The van der Waals surface area contributed by atoms with Gasteiger partial charge >= 0.3 is 0 Å². The van der Waals surface area contributed by atoms with Crippen molar-refractivity contribution in [3.8, 4) is 11.5 Å². The van der Waals surface area contributed by atoms with Gasteiger partial charge in [0.15, 0.2) is 11.5 Å². The van der Waals surface area contributed by atoms with E-state index in [1.165, 1.54) is 4.68 Å². The van der Waals surface area contributed by atoms with E-state index in [0.29, 0.717) is 36.1 Å². The number of nitrogens with one attached hydrogen (secondary N) is 1. The fourth-order valence-electron chi connectivity index (χ4n) is 2.30. The summed E-state index contributed by atoms with van der Waals surface area (Å²) in [7, 11) is 0. The van der Waals surface area contributed by atoms with Crippen molar-refractivity contribution in [3.63, 3.8) is 0 Å². The zero-order valence-corrected chi connectivity index (χ0v) is 14.3. The van der Waals surface area contributed by atoms with Crippen molar-refractivity contribution in [1.82, 2.24) is 9.78 Å². The molecule has 1 aliphatic rings. The number of ether oxygens (including phenoxy) is 2. The summed E-state index contributed by atoms with van der Waals surface area (Å²) in [4.78, 5) is 12.1. The molecule has 9 heteroatoms. The van der Waals surface area contributed by atoms with E-state index in [9.17, 15) is 13.6 Å². The molecule has 0 spiro atoms. The molecule has 128 valence electrons. The van der Waals surface area contributed by atoms with E-state index in [-0.39, 0.29) is 22.6 Å². The molecule has 2 heterocycles. The molecule has 0 fully saturated rings. The molecule has 0 saturated carbocycles. The molecule has 1 N–H and O–H groups in total. The van der Waals surface area contributed by atoms with Gasteiger partial charge in [0, 0.05) is 11.8 Å². The van der Waals surface area contributed by atoms with Crippen molar-refractivity contribution in [2.75, 3.05) is 18.5 Å². The van der Waals surface area contributed by atoms with Gasteiger partial charge in [-0.1, -0.05) is 0 Å². The first-order chi connectivity index (χ1) is 11.5. The first kappa shape index (κ1) is 16.7. The van der Waals surface area contributed by atoms with E-state index in [0.717, 1.165) is 0 Å². The van der Waals surface area contributed by atoms with Crippen molar-refractivity contribution in [1.29, 1.82) is 0 Å². The average Bonchev–Trinajstić information content (AvgIpc) is 2.83. The number of amides is 1. The molecular weight excluding hydrogens is 388 g/mol. The van der Waals surface area contributed by atoms with Gasteiger partial charge in [-0.2, -0.15) is 5.10 Å². The van der Waals surface area contributed by atoms with Gasteiger partial charge in [0.2, 0.25) is 5.91 Å². The van der Waals surface area contributed by atoms with Gasteiger partial charge in [0.1, 0.15) is 25.5 Å². The van der Waals surface area contributed by atoms with Crippen LogP contribution < -0.4 is 14.8 Å². The molecule has 0 aliphatic carbocycles. The van der Waals surface area contributed by atoms with Gasteiger partial charge < -0.3 is 14.8 Å². The number of rotatable bonds is 4. The van der Waals surface area contributed by atoms with E-state index >= 15 is 0 Å². The number of nitrogens with zero attached hydrogens (tertiary/aromatic N) is 2. The largest absolute Gasteiger partial charge is 0.486 e. The minimum atomic E-state index is -2.71. The van der Waals surface area contributed by atoms with Gasteiger partial charge in [-0.25, -0.2) is 8.78 Å². The molecular formula is C15H14BrF2N3O3. The van der Waals surface area contributed by atoms with Crippen molar-refractivity contribution in [2.24, 2.45) is 0 Å². The zero-order valence-electron chi connectivity index (χ0n) is 12.7. The third-order valence-electron chi connectivity index (χ3n) is 3.48. The molecule has 0 atom stereocenters. The number of hydrogen-bond acceptors (Lipinski definition) is 4. The van der Waals surface area contributed by atoms with Crippen LogP contribution in [0, 0.1) is 6.92 Å². The molecule has 0 bridgehead atoms. The van der Waals surface area contributed by atoms with E-state index in [1.807, 2.05) is 0 Å². The second kappa shape index (κ2) is 6.76. The van der Waals surface area contributed by atoms with Gasteiger partial charge in [-0.15, -0.1) is 0 Å². The molecule has 1 amide bonds. The van der Waals surface area contributed by atoms with Crippen LogP contribution in [-0.2, 0) is 11.3 Å². The van der Waals surface area contributed by atoms with Crippen LogP contribution in [0.4, 0.5) is 14.5 Å². The summed E-state index contributed by atoms with van der Waals surface area (Å²) in [6, 6.07) is 5.04. The number of alkyl halides is 2. The lowest BCUT2D eigenvalue weighted by molar-refractivity contribution is -0.117. The predicted octanol–water partition coefficient (Wildman–Crippen LogP) is 3.30. The van der Waals surface area contributed by atoms with Crippen LogP contribution in [0.1, 0.15) is 17.8 Å². The number of carbonyl (C=O) groups is 1. The Morgan fingerprint density at radius 2 is 2.08 bits per heavy atom. The number of carbonyl (C=O) groups excluding carboxylic acids is 1. The molecule has 2 aromatic rings. The van der Waals surface area contributed by atoms with Gasteiger partial charge in [-0.3, -0.25) is 9.48 Å². The molecule has 1 aromatic carbocycles. The summed E-state index contributed by atoms with van der Waals surface area (Å²) in [5, 5.41) is 6.46. The Hall–Kier alpha value is -2.16. The minimum Gasteiger partial charge on any atom is -0.486 e. The van der Waals surface area contributed by atoms with Crippen LogP contribution in [0.25, 0.3) is 0 Å². The molecule has 1 aromatic heterocycles. The highest BCUT2D eigenvalue weighted by Gasteiger charge is 2.21. The third kappa shape index (κ3) is 3.35. The predicted molar refractivity (Wildman–Crippen MR) is 85.7 cm³/mol. The van der Waals surface area contributed by atoms with Crippen molar-refractivity contribution >= 4 is 27.5 Å². The quantitative estimate of drug-likeness (QED) is 0.853. The van der Waals surface area contributed by atoms with Crippen LogP contribution in [0.15, 0.2) is 22.7 Å². The number of anilines is 1. The zero-order chi connectivity index (χ0) is 17.3. The lowest BCUT2D eigenvalue weighted by atomic mass is 10.2. The normalized spacial score (nSPS) is 13.2. The molecule has 3 rings (SSSR count). The minimum absolute atomic E-state index is 0.175. The Morgan fingerprint density at radius 1 is 1.38 bits per heavy atom. The maximum absolute atomic E-state index is 12.8. The molecule has 0 radical (unpaired) electrons. The van der Waals surface area contributed by atoms with E-state index in [2.05, 4.69) is 26.3 Å². The summed E-state index contributed by atoms with van der Waals surface area (Å²) in [6.07, 6.45) is -2.71. The summed E-state index contributed by atoms with van der Waals surface area (Å²) in [6.45, 7) is 2.37. The van der Waals surface area contributed by atoms with Gasteiger partial charge in [0.05, 0.1) is 10.2 Å². The molecule has 24 heavy (non-hydrogen) atoms. The molecule has 1 aliphatic heterocycles. The second-order valence-corrected chi connectivity index (χ2v) is 5.94. The average molecular weight is 402 g/mol. The fraction of sp³-hybridized carbons (Fsp3) is 0.333. The highest BCUT2D eigenvalue weighted by Crippen LogP contribution is 2.33. The van der Waals surface area contributed by atoms with Crippen molar-refractivity contribution in [2.45, 2.75) is 19.9 Å². The maximum Gasteiger partial charge on any atom is 0.283 e. The Bertz CT molecular complexity index is 780.